The fraction of sp³-hybridized carbons (Fsp3) is 0.182. The predicted molar refractivity (Wildman–Crippen MR) is 107 cm³/mol. The fourth-order valence-corrected chi connectivity index (χ4v) is 2.58. The van der Waals surface area contributed by atoms with Crippen molar-refractivity contribution in [2.75, 3.05) is 14.2 Å². The Morgan fingerprint density at radius 3 is 2.54 bits per heavy atom. The van der Waals surface area contributed by atoms with Crippen LogP contribution in [0, 0.1) is 11.3 Å². The van der Waals surface area contributed by atoms with Crippen LogP contribution in [0.2, 0.25) is 0 Å². The molecular formula is C22H22N2O4. The molecule has 0 saturated heterocycles. The number of nitrogens with one attached hydrogen (secondary N) is 1. The maximum absolute atomic E-state index is 12.4. The van der Waals surface area contributed by atoms with Gasteiger partial charge in [-0.15, -0.1) is 6.58 Å². The van der Waals surface area contributed by atoms with Crippen LogP contribution in [0.1, 0.15) is 16.7 Å². The number of carbonyl (C=O) groups is 1. The van der Waals surface area contributed by atoms with E-state index in [2.05, 4.69) is 11.9 Å². The Morgan fingerprint density at radius 2 is 1.96 bits per heavy atom. The van der Waals surface area contributed by atoms with Gasteiger partial charge in [0.2, 0.25) is 0 Å². The summed E-state index contributed by atoms with van der Waals surface area (Å²) in [6.07, 6.45) is 3.53. The van der Waals surface area contributed by atoms with Crippen LogP contribution in [0.3, 0.4) is 0 Å². The van der Waals surface area contributed by atoms with E-state index in [1.165, 1.54) is 13.2 Å². The highest BCUT2D eigenvalue weighted by atomic mass is 16.5. The lowest BCUT2D eigenvalue weighted by Gasteiger charge is -2.10. The third-order valence-electron chi connectivity index (χ3n) is 4.05. The molecule has 0 fully saturated rings. The van der Waals surface area contributed by atoms with Crippen molar-refractivity contribution < 1.29 is 19.4 Å². The average Bonchev–Trinajstić information content (AvgIpc) is 2.72. The third-order valence-corrected chi connectivity index (χ3v) is 4.05. The summed E-state index contributed by atoms with van der Waals surface area (Å²) < 4.78 is 10.3. The molecule has 0 unspecified atom stereocenters. The van der Waals surface area contributed by atoms with E-state index in [1.807, 2.05) is 18.2 Å². The number of nitriles is 1. The average molecular weight is 378 g/mol. The Morgan fingerprint density at radius 1 is 1.25 bits per heavy atom. The minimum absolute atomic E-state index is 0.0158. The number of nitrogens with zero attached hydrogens (tertiary/aromatic N) is 1. The van der Waals surface area contributed by atoms with E-state index in [4.69, 9.17) is 9.47 Å². The van der Waals surface area contributed by atoms with Crippen LogP contribution in [0.15, 0.2) is 54.6 Å². The summed E-state index contributed by atoms with van der Waals surface area (Å²) in [4.78, 5) is 12.4. The van der Waals surface area contributed by atoms with Crippen LogP contribution in [0.25, 0.3) is 6.08 Å². The lowest BCUT2D eigenvalue weighted by Crippen LogP contribution is -2.23. The van der Waals surface area contributed by atoms with Crippen molar-refractivity contribution in [3.8, 4) is 23.3 Å². The van der Waals surface area contributed by atoms with Crippen molar-refractivity contribution in [1.29, 1.82) is 5.26 Å². The largest absolute Gasteiger partial charge is 0.504 e. The smallest absolute Gasteiger partial charge is 0.262 e. The molecule has 0 saturated carbocycles. The summed E-state index contributed by atoms with van der Waals surface area (Å²) in [6.45, 7) is 3.94. The molecule has 0 aliphatic rings. The van der Waals surface area contributed by atoms with E-state index < -0.39 is 5.91 Å². The zero-order valence-electron chi connectivity index (χ0n) is 15.9. The molecule has 0 spiro atoms. The van der Waals surface area contributed by atoms with Gasteiger partial charge in [-0.3, -0.25) is 4.79 Å². The molecular weight excluding hydrogens is 356 g/mol. The van der Waals surface area contributed by atoms with E-state index in [0.29, 0.717) is 17.5 Å². The van der Waals surface area contributed by atoms with E-state index in [0.717, 1.165) is 11.3 Å². The minimum atomic E-state index is -0.490. The molecule has 0 aliphatic heterocycles. The van der Waals surface area contributed by atoms with Crippen LogP contribution >= 0.6 is 0 Å². The third kappa shape index (κ3) is 5.15. The second-order valence-electron chi connectivity index (χ2n) is 5.92. The van der Waals surface area contributed by atoms with Crippen molar-refractivity contribution in [3.05, 3.63) is 71.3 Å². The van der Waals surface area contributed by atoms with Crippen LogP contribution in [0.5, 0.6) is 17.2 Å². The molecule has 0 heterocycles. The fourth-order valence-electron chi connectivity index (χ4n) is 2.58. The molecule has 6 nitrogen and oxygen atoms in total. The first kappa shape index (κ1) is 20.6. The number of carbonyl (C=O) groups excluding carboxylic acids is 1. The van der Waals surface area contributed by atoms with E-state index >= 15 is 0 Å². The monoisotopic (exact) mass is 378 g/mol. The number of hydrogen-bond acceptors (Lipinski definition) is 5. The zero-order valence-corrected chi connectivity index (χ0v) is 15.9. The molecule has 0 aromatic heterocycles. The molecule has 2 rings (SSSR count). The van der Waals surface area contributed by atoms with Gasteiger partial charge >= 0.3 is 0 Å². The lowest BCUT2D eigenvalue weighted by molar-refractivity contribution is -0.117. The Kier molecular flexibility index (Phi) is 7.23. The molecule has 0 atom stereocenters. The molecule has 0 radical (unpaired) electrons. The van der Waals surface area contributed by atoms with Gasteiger partial charge in [0.25, 0.3) is 5.91 Å². The molecule has 2 aromatic carbocycles. The van der Waals surface area contributed by atoms with Crippen molar-refractivity contribution in [2.24, 2.45) is 0 Å². The van der Waals surface area contributed by atoms with E-state index in [-0.39, 0.29) is 23.6 Å². The summed E-state index contributed by atoms with van der Waals surface area (Å²) in [5.74, 6) is 0.517. The zero-order chi connectivity index (χ0) is 20.5. The van der Waals surface area contributed by atoms with Crippen molar-refractivity contribution in [2.45, 2.75) is 13.0 Å². The summed E-state index contributed by atoms with van der Waals surface area (Å²) in [6, 6.07) is 12.4. The topological polar surface area (TPSA) is 91.6 Å². The molecule has 6 heteroatoms. The van der Waals surface area contributed by atoms with Gasteiger partial charge in [-0.2, -0.15) is 5.26 Å². The standard InChI is InChI=1S/C22H22N2O4/c1-4-5-17-10-16(12-20(28-3)21(17)25)11-18(13-23)22(26)24-14-15-6-8-19(27-2)9-7-15/h4,6-12,25H,1,5,14H2,2-3H3,(H,24,26)/b18-11-. The number of phenolic OH excluding ortho intramolecular Hbond substituents is 1. The number of phenols is 1. The summed E-state index contributed by atoms with van der Waals surface area (Å²) in [7, 11) is 3.02. The van der Waals surface area contributed by atoms with Gasteiger partial charge in [0.1, 0.15) is 17.4 Å². The lowest BCUT2D eigenvalue weighted by atomic mass is 10.0. The highest BCUT2D eigenvalue weighted by Gasteiger charge is 2.12. The molecule has 0 aliphatic carbocycles. The SMILES string of the molecule is C=CCc1cc(/C=C(/C#N)C(=O)NCc2ccc(OC)cc2)cc(OC)c1O. The Hall–Kier alpha value is -3.72. The molecule has 1 amide bonds. The van der Waals surface area contributed by atoms with Crippen LogP contribution < -0.4 is 14.8 Å². The number of benzene rings is 2. The quantitative estimate of drug-likeness (QED) is 0.417. The summed E-state index contributed by atoms with van der Waals surface area (Å²) in [5.41, 5.74) is 2.00. The molecule has 2 N–H and O–H groups in total. The molecule has 28 heavy (non-hydrogen) atoms. The summed E-state index contributed by atoms with van der Waals surface area (Å²) in [5, 5.41) is 22.3. The van der Waals surface area contributed by atoms with Crippen molar-refractivity contribution >= 4 is 12.0 Å². The number of allylic oxidation sites excluding steroid dienone is 1. The number of hydrogen-bond donors (Lipinski definition) is 2. The number of aromatic hydroxyl groups is 1. The van der Waals surface area contributed by atoms with Gasteiger partial charge < -0.3 is 19.9 Å². The number of rotatable bonds is 8. The van der Waals surface area contributed by atoms with Gasteiger partial charge in [0.15, 0.2) is 11.5 Å². The Bertz CT molecular complexity index is 925. The van der Waals surface area contributed by atoms with Crippen molar-refractivity contribution in [1.82, 2.24) is 5.32 Å². The maximum Gasteiger partial charge on any atom is 0.262 e. The second kappa shape index (κ2) is 9.83. The van der Waals surface area contributed by atoms with E-state index in [1.54, 1.807) is 37.5 Å². The first-order valence-electron chi connectivity index (χ1n) is 8.56. The molecule has 2 aromatic rings. The van der Waals surface area contributed by atoms with Crippen LogP contribution in [0.4, 0.5) is 0 Å². The molecule has 144 valence electrons. The molecule has 0 bridgehead atoms. The number of amides is 1. The first-order valence-corrected chi connectivity index (χ1v) is 8.56. The van der Waals surface area contributed by atoms with Crippen molar-refractivity contribution in [3.63, 3.8) is 0 Å². The second-order valence-corrected chi connectivity index (χ2v) is 5.92. The highest BCUT2D eigenvalue weighted by Crippen LogP contribution is 2.32. The van der Waals surface area contributed by atoms with Gasteiger partial charge in [-0.1, -0.05) is 18.2 Å². The Balaban J connectivity index is 2.19. The van der Waals surface area contributed by atoms with Gasteiger partial charge in [-0.25, -0.2) is 0 Å². The first-order chi connectivity index (χ1) is 13.5. The number of methoxy groups -OCH3 is 2. The Labute approximate surface area is 164 Å². The highest BCUT2D eigenvalue weighted by molar-refractivity contribution is 6.01. The summed E-state index contributed by atoms with van der Waals surface area (Å²) >= 11 is 0. The number of ether oxygens (including phenoxy) is 2. The van der Waals surface area contributed by atoms with Gasteiger partial charge in [-0.05, 0) is 47.9 Å². The van der Waals surface area contributed by atoms with Crippen LogP contribution in [-0.2, 0) is 17.8 Å². The predicted octanol–water partition coefficient (Wildman–Crippen LogP) is 3.36. The van der Waals surface area contributed by atoms with Gasteiger partial charge in [0, 0.05) is 12.1 Å². The van der Waals surface area contributed by atoms with Gasteiger partial charge in [0.05, 0.1) is 14.2 Å². The minimum Gasteiger partial charge on any atom is -0.504 e. The van der Waals surface area contributed by atoms with E-state index in [9.17, 15) is 15.2 Å². The van der Waals surface area contributed by atoms with Crippen LogP contribution in [-0.4, -0.2) is 25.2 Å². The normalized spacial score (nSPS) is 10.7. The maximum atomic E-state index is 12.4.